The zero-order chi connectivity index (χ0) is 13.3. The van der Waals surface area contributed by atoms with Crippen LogP contribution in [0.2, 0.25) is 0 Å². The minimum absolute atomic E-state index is 0.000688. The summed E-state index contributed by atoms with van der Waals surface area (Å²) in [6.07, 6.45) is -3.57. The fraction of sp³-hybridized carbons (Fsp3) is 0.538. The highest BCUT2D eigenvalue weighted by Gasteiger charge is 2.32. The Balaban J connectivity index is 2.27. The Morgan fingerprint density at radius 2 is 2.06 bits per heavy atom. The molecule has 0 radical (unpaired) electrons. The van der Waals surface area contributed by atoms with Crippen LogP contribution in [0.15, 0.2) is 24.3 Å². The summed E-state index contributed by atoms with van der Waals surface area (Å²) in [5.41, 5.74) is 5.98. The maximum absolute atomic E-state index is 12.7. The van der Waals surface area contributed by atoms with Crippen molar-refractivity contribution in [3.05, 3.63) is 35.4 Å². The molecule has 0 amide bonds. The molecule has 3 atom stereocenters. The van der Waals surface area contributed by atoms with E-state index in [1.165, 1.54) is 12.1 Å². The highest BCUT2D eigenvalue weighted by atomic mass is 19.4. The molecule has 3 unspecified atom stereocenters. The Morgan fingerprint density at radius 1 is 1.33 bits per heavy atom. The van der Waals surface area contributed by atoms with Crippen molar-refractivity contribution in [3.63, 3.8) is 0 Å². The van der Waals surface area contributed by atoms with Crippen LogP contribution in [0.4, 0.5) is 13.2 Å². The number of nitrogens with one attached hydrogen (secondary N) is 1. The summed E-state index contributed by atoms with van der Waals surface area (Å²) in [6, 6.07) is 5.70. The molecule has 0 spiro atoms. The van der Waals surface area contributed by atoms with Crippen LogP contribution in [-0.4, -0.2) is 18.6 Å². The smallest absolute Gasteiger partial charge is 0.327 e. The molecule has 100 valence electrons. The van der Waals surface area contributed by atoms with Crippen molar-refractivity contribution < 1.29 is 13.2 Å². The second-order valence-corrected chi connectivity index (χ2v) is 4.92. The van der Waals surface area contributed by atoms with Gasteiger partial charge in [0.1, 0.15) is 0 Å². The van der Waals surface area contributed by atoms with Gasteiger partial charge < -0.3 is 11.1 Å². The van der Waals surface area contributed by atoms with E-state index in [9.17, 15) is 13.2 Å². The maximum atomic E-state index is 12.7. The van der Waals surface area contributed by atoms with E-state index in [0.29, 0.717) is 5.56 Å². The normalized spacial score (nSPS) is 29.3. The first-order valence-electron chi connectivity index (χ1n) is 6.04. The third kappa shape index (κ3) is 2.84. The molecule has 1 fully saturated rings. The Morgan fingerprint density at radius 3 is 2.72 bits per heavy atom. The lowest BCUT2D eigenvalue weighted by Crippen LogP contribution is -2.48. The van der Waals surface area contributed by atoms with Crippen molar-refractivity contribution in [2.75, 3.05) is 6.54 Å². The zero-order valence-electron chi connectivity index (χ0n) is 10.2. The summed E-state index contributed by atoms with van der Waals surface area (Å²) < 4.78 is 38.0. The molecule has 1 aliphatic rings. The van der Waals surface area contributed by atoms with Gasteiger partial charge in [-0.2, -0.15) is 13.2 Å². The predicted molar refractivity (Wildman–Crippen MR) is 64.2 cm³/mol. The summed E-state index contributed by atoms with van der Waals surface area (Å²) in [4.78, 5) is 0. The molecule has 2 nitrogen and oxygen atoms in total. The van der Waals surface area contributed by atoms with Crippen LogP contribution in [0.3, 0.4) is 0 Å². The first-order valence-corrected chi connectivity index (χ1v) is 6.04. The highest BCUT2D eigenvalue weighted by Crippen LogP contribution is 2.33. The van der Waals surface area contributed by atoms with Gasteiger partial charge in [-0.3, -0.25) is 0 Å². The van der Waals surface area contributed by atoms with Gasteiger partial charge in [-0.1, -0.05) is 18.2 Å². The lowest BCUT2D eigenvalue weighted by molar-refractivity contribution is -0.137. The number of halogens is 3. The van der Waals surface area contributed by atoms with Gasteiger partial charge in [0.25, 0.3) is 0 Å². The van der Waals surface area contributed by atoms with E-state index in [-0.39, 0.29) is 18.0 Å². The van der Waals surface area contributed by atoms with Crippen LogP contribution in [-0.2, 0) is 6.18 Å². The van der Waals surface area contributed by atoms with Crippen LogP contribution >= 0.6 is 0 Å². The monoisotopic (exact) mass is 258 g/mol. The van der Waals surface area contributed by atoms with Crippen molar-refractivity contribution in [2.45, 2.75) is 37.5 Å². The Hall–Kier alpha value is -1.07. The van der Waals surface area contributed by atoms with Crippen molar-refractivity contribution in [3.8, 4) is 0 Å². The summed E-state index contributed by atoms with van der Waals surface area (Å²) in [6.45, 7) is 2.70. The fourth-order valence-electron chi connectivity index (χ4n) is 2.46. The largest absolute Gasteiger partial charge is 0.416 e. The third-order valence-electron chi connectivity index (χ3n) is 3.50. The lowest BCUT2D eigenvalue weighted by atomic mass is 9.83. The van der Waals surface area contributed by atoms with Gasteiger partial charge in [-0.05, 0) is 25.0 Å². The molecule has 1 aliphatic heterocycles. The van der Waals surface area contributed by atoms with E-state index in [1.54, 1.807) is 6.07 Å². The number of nitrogens with two attached hydrogens (primary N) is 1. The summed E-state index contributed by atoms with van der Waals surface area (Å²) in [7, 11) is 0. The number of benzene rings is 1. The number of hydrogen-bond acceptors (Lipinski definition) is 2. The molecule has 1 aromatic rings. The molecular weight excluding hydrogens is 241 g/mol. The number of rotatable bonds is 1. The molecule has 0 aliphatic carbocycles. The van der Waals surface area contributed by atoms with E-state index in [2.05, 4.69) is 5.32 Å². The quantitative estimate of drug-likeness (QED) is 0.812. The van der Waals surface area contributed by atoms with Crippen molar-refractivity contribution >= 4 is 0 Å². The second-order valence-electron chi connectivity index (χ2n) is 4.92. The lowest BCUT2D eigenvalue weighted by Gasteiger charge is -2.34. The molecule has 3 N–H and O–H groups in total. The van der Waals surface area contributed by atoms with Gasteiger partial charge in [0, 0.05) is 24.5 Å². The summed E-state index contributed by atoms with van der Waals surface area (Å²) in [5, 5.41) is 3.23. The minimum atomic E-state index is -4.29. The van der Waals surface area contributed by atoms with Crippen molar-refractivity contribution in [1.29, 1.82) is 0 Å². The first kappa shape index (κ1) is 13.4. The average molecular weight is 258 g/mol. The van der Waals surface area contributed by atoms with E-state index < -0.39 is 11.7 Å². The molecule has 2 rings (SSSR count). The molecular formula is C13H17F3N2. The Bertz CT molecular complexity index is 417. The predicted octanol–water partition coefficient (Wildman–Crippen LogP) is 2.50. The van der Waals surface area contributed by atoms with Crippen molar-refractivity contribution in [2.24, 2.45) is 5.73 Å². The average Bonchev–Trinajstić information content (AvgIpc) is 2.31. The molecule has 1 saturated heterocycles. The topological polar surface area (TPSA) is 38.0 Å². The molecule has 1 heterocycles. The molecule has 0 saturated carbocycles. The van der Waals surface area contributed by atoms with Crippen LogP contribution in [0.5, 0.6) is 0 Å². The Kier molecular flexibility index (Phi) is 3.64. The molecule has 0 aromatic heterocycles. The summed E-state index contributed by atoms with van der Waals surface area (Å²) >= 11 is 0. The van der Waals surface area contributed by atoms with Crippen LogP contribution < -0.4 is 11.1 Å². The second kappa shape index (κ2) is 4.90. The third-order valence-corrected chi connectivity index (χ3v) is 3.50. The van der Waals surface area contributed by atoms with E-state index in [1.807, 2.05) is 6.92 Å². The van der Waals surface area contributed by atoms with Crippen LogP contribution in [0, 0.1) is 0 Å². The van der Waals surface area contributed by atoms with Gasteiger partial charge in [0.2, 0.25) is 0 Å². The van der Waals surface area contributed by atoms with Gasteiger partial charge >= 0.3 is 6.18 Å². The van der Waals surface area contributed by atoms with Gasteiger partial charge in [0.15, 0.2) is 0 Å². The highest BCUT2D eigenvalue weighted by molar-refractivity contribution is 5.29. The van der Waals surface area contributed by atoms with Crippen LogP contribution in [0.1, 0.15) is 30.4 Å². The van der Waals surface area contributed by atoms with E-state index in [0.717, 1.165) is 19.0 Å². The Labute approximate surface area is 104 Å². The SMILES string of the molecule is CC1NCC(N)CC1c1cccc(C(F)(F)F)c1. The van der Waals surface area contributed by atoms with Gasteiger partial charge in [-0.15, -0.1) is 0 Å². The van der Waals surface area contributed by atoms with Gasteiger partial charge in [-0.25, -0.2) is 0 Å². The van der Waals surface area contributed by atoms with E-state index in [4.69, 9.17) is 5.73 Å². The standard InChI is InChI=1S/C13H17F3N2/c1-8-12(6-11(17)7-18-8)9-3-2-4-10(5-9)13(14,15)16/h2-5,8,11-12,18H,6-7,17H2,1H3. The minimum Gasteiger partial charge on any atom is -0.327 e. The molecule has 1 aromatic carbocycles. The molecule has 18 heavy (non-hydrogen) atoms. The first-order chi connectivity index (χ1) is 8.38. The molecule has 0 bridgehead atoms. The van der Waals surface area contributed by atoms with Crippen molar-refractivity contribution in [1.82, 2.24) is 5.32 Å². The number of hydrogen-bond donors (Lipinski definition) is 2. The molecule has 5 heteroatoms. The van der Waals surface area contributed by atoms with Crippen LogP contribution in [0.25, 0.3) is 0 Å². The summed E-state index contributed by atoms with van der Waals surface area (Å²) in [5.74, 6) is 0.0380. The van der Waals surface area contributed by atoms with Gasteiger partial charge in [0.05, 0.1) is 5.56 Å². The zero-order valence-corrected chi connectivity index (χ0v) is 10.2. The van der Waals surface area contributed by atoms with E-state index >= 15 is 0 Å². The number of alkyl halides is 3. The fourth-order valence-corrected chi connectivity index (χ4v) is 2.46. The maximum Gasteiger partial charge on any atom is 0.416 e. The number of piperidine rings is 1.